The van der Waals surface area contributed by atoms with Gasteiger partial charge in [-0.15, -0.1) is 0 Å². The van der Waals surface area contributed by atoms with Crippen LogP contribution in [0.15, 0.2) is 23.1 Å². The van der Waals surface area contributed by atoms with Crippen molar-refractivity contribution in [1.82, 2.24) is 15.1 Å². The number of nitrogens with one attached hydrogen (secondary N) is 2. The highest BCUT2D eigenvalue weighted by atomic mass is 32.2. The molecule has 222 valence electrons. The molecule has 0 saturated carbocycles. The Kier molecular flexibility index (Phi) is 9.11. The molecular formula is C24H29F6N5O4S. The van der Waals surface area contributed by atoms with Gasteiger partial charge in [0.1, 0.15) is 11.9 Å². The number of aryl methyl sites for hydroxylation is 2. The van der Waals surface area contributed by atoms with Crippen molar-refractivity contribution in [2.24, 2.45) is 0 Å². The van der Waals surface area contributed by atoms with Crippen LogP contribution in [-0.2, 0) is 16.1 Å². The third-order valence-corrected chi connectivity index (χ3v) is 7.21. The van der Waals surface area contributed by atoms with E-state index in [0.717, 1.165) is 13.8 Å². The molecule has 1 aliphatic rings. The average molecular weight is 598 g/mol. The highest BCUT2D eigenvalue weighted by Crippen LogP contribution is 2.43. The molecule has 0 bridgehead atoms. The first-order chi connectivity index (χ1) is 18.4. The number of ether oxygens (including phenoxy) is 2. The summed E-state index contributed by atoms with van der Waals surface area (Å²) in [7, 11) is 0. The molecule has 0 spiro atoms. The number of hydrogen-bond donors (Lipinski definition) is 2. The maximum absolute atomic E-state index is 13.1. The van der Waals surface area contributed by atoms with Crippen molar-refractivity contribution in [3.63, 3.8) is 0 Å². The first kappa shape index (κ1) is 31.2. The van der Waals surface area contributed by atoms with Gasteiger partial charge in [-0.2, -0.15) is 31.4 Å². The lowest BCUT2D eigenvalue weighted by atomic mass is 10.1. The minimum Gasteiger partial charge on any atom is -0.484 e. The van der Waals surface area contributed by atoms with E-state index in [9.17, 15) is 35.9 Å². The molecule has 3 rings (SSSR count). The standard InChI is InChI=1S/C24H29F6N5O4S/c1-13-20(14(2)34(33-13)9-8-23(25,26)27)40-35-12-17(11-31-15(3)36)38-19-7-6-16(10-18(19)35)32-21(37)39-22(4,5)24(28,29)30/h6-7,10,17H,8-9,11-12H2,1-5H3,(H,31,36)(H,32,37)/t17-/m0/s1. The van der Waals surface area contributed by atoms with Crippen LogP contribution in [0.3, 0.4) is 0 Å². The molecule has 0 saturated heterocycles. The summed E-state index contributed by atoms with van der Waals surface area (Å²) in [5, 5.41) is 9.19. The van der Waals surface area contributed by atoms with E-state index >= 15 is 0 Å². The summed E-state index contributed by atoms with van der Waals surface area (Å²) in [5.41, 5.74) is -1.19. The highest BCUT2D eigenvalue weighted by molar-refractivity contribution is 8.00. The number of aromatic nitrogens is 2. The van der Waals surface area contributed by atoms with Gasteiger partial charge in [0.05, 0.1) is 41.5 Å². The Morgan fingerprint density at radius 2 is 1.85 bits per heavy atom. The Balaban J connectivity index is 1.88. The molecule has 0 aliphatic carbocycles. The number of alkyl halides is 6. The van der Waals surface area contributed by atoms with E-state index in [0.29, 0.717) is 27.7 Å². The maximum Gasteiger partial charge on any atom is 0.427 e. The van der Waals surface area contributed by atoms with Crippen LogP contribution in [0.25, 0.3) is 0 Å². The lowest BCUT2D eigenvalue weighted by Gasteiger charge is -2.35. The molecule has 0 unspecified atom stereocenters. The normalized spacial score (nSPS) is 15.8. The smallest absolute Gasteiger partial charge is 0.427 e. The fourth-order valence-electron chi connectivity index (χ4n) is 3.65. The van der Waals surface area contributed by atoms with Crippen LogP contribution in [0.1, 0.15) is 38.6 Å². The van der Waals surface area contributed by atoms with Crippen molar-refractivity contribution in [2.45, 2.75) is 76.5 Å². The van der Waals surface area contributed by atoms with Crippen LogP contribution in [-0.4, -0.2) is 58.9 Å². The van der Waals surface area contributed by atoms with Crippen LogP contribution in [0.5, 0.6) is 5.75 Å². The molecule has 2 heterocycles. The van der Waals surface area contributed by atoms with E-state index in [1.54, 1.807) is 18.2 Å². The summed E-state index contributed by atoms with van der Waals surface area (Å²) in [6.45, 7) is 6.11. The van der Waals surface area contributed by atoms with Crippen LogP contribution in [0.4, 0.5) is 42.5 Å². The largest absolute Gasteiger partial charge is 0.484 e. The molecule has 1 aromatic carbocycles. The van der Waals surface area contributed by atoms with Crippen molar-refractivity contribution < 1.29 is 45.4 Å². The topological polar surface area (TPSA) is 97.7 Å². The van der Waals surface area contributed by atoms with E-state index in [-0.39, 0.29) is 31.2 Å². The van der Waals surface area contributed by atoms with E-state index in [2.05, 4.69) is 20.5 Å². The molecule has 0 fully saturated rings. The van der Waals surface area contributed by atoms with Gasteiger partial charge in [0, 0.05) is 19.2 Å². The molecule has 1 atom stereocenters. The zero-order chi connectivity index (χ0) is 30.0. The Morgan fingerprint density at radius 1 is 1.18 bits per heavy atom. The van der Waals surface area contributed by atoms with Crippen molar-refractivity contribution in [3.05, 3.63) is 29.6 Å². The quantitative estimate of drug-likeness (QED) is 0.295. The van der Waals surface area contributed by atoms with Gasteiger partial charge in [0.2, 0.25) is 11.5 Å². The molecule has 2 amide bonds. The van der Waals surface area contributed by atoms with Gasteiger partial charge in [-0.1, -0.05) is 0 Å². The van der Waals surface area contributed by atoms with Crippen molar-refractivity contribution in [2.75, 3.05) is 22.7 Å². The molecule has 2 N–H and O–H groups in total. The van der Waals surface area contributed by atoms with E-state index < -0.39 is 36.6 Å². The number of carbonyl (C=O) groups excluding carboxylic acids is 2. The van der Waals surface area contributed by atoms with E-state index in [1.807, 2.05) is 0 Å². The lowest BCUT2D eigenvalue weighted by molar-refractivity contribution is -0.242. The van der Waals surface area contributed by atoms with Gasteiger partial charge in [-0.05, 0) is 57.8 Å². The first-order valence-electron chi connectivity index (χ1n) is 12.0. The molecular weight excluding hydrogens is 568 g/mol. The number of halogens is 6. The van der Waals surface area contributed by atoms with Crippen LogP contribution in [0.2, 0.25) is 0 Å². The monoisotopic (exact) mass is 597 g/mol. The number of fused-ring (bicyclic) bond motifs is 1. The van der Waals surface area contributed by atoms with Crippen LogP contribution >= 0.6 is 11.9 Å². The maximum atomic E-state index is 13.1. The Morgan fingerprint density at radius 3 is 2.45 bits per heavy atom. The fourth-order valence-corrected chi connectivity index (χ4v) is 4.76. The van der Waals surface area contributed by atoms with Gasteiger partial charge in [0.15, 0.2) is 0 Å². The minimum atomic E-state index is -4.79. The minimum absolute atomic E-state index is 0.116. The number of nitrogens with zero attached hydrogens (tertiary/aromatic N) is 3. The van der Waals surface area contributed by atoms with Crippen LogP contribution in [0, 0.1) is 13.8 Å². The number of amides is 2. The summed E-state index contributed by atoms with van der Waals surface area (Å²) < 4.78 is 91.3. The molecule has 1 aliphatic heterocycles. The molecule has 1 aromatic heterocycles. The molecule has 40 heavy (non-hydrogen) atoms. The summed E-state index contributed by atoms with van der Waals surface area (Å²) >= 11 is 1.18. The summed E-state index contributed by atoms with van der Waals surface area (Å²) in [5.74, 6) is 0.0782. The predicted molar refractivity (Wildman–Crippen MR) is 135 cm³/mol. The SMILES string of the molecule is CC(=O)NC[C@H]1CN(Sc2c(C)nn(CCC(F)(F)F)c2C)c2cc(NC(=O)OC(C)(C)C(F)(F)F)ccc2O1. The summed E-state index contributed by atoms with van der Waals surface area (Å²) in [6.07, 6.45) is -12.0. The second-order valence-electron chi connectivity index (χ2n) is 9.62. The fraction of sp³-hybridized carbons (Fsp3) is 0.542. The number of rotatable bonds is 8. The van der Waals surface area contributed by atoms with E-state index in [4.69, 9.17) is 4.74 Å². The number of benzene rings is 1. The van der Waals surface area contributed by atoms with Crippen molar-refractivity contribution >= 4 is 35.3 Å². The second-order valence-corrected chi connectivity index (χ2v) is 10.7. The van der Waals surface area contributed by atoms with Gasteiger partial charge >= 0.3 is 18.4 Å². The molecule has 0 radical (unpaired) electrons. The lowest BCUT2D eigenvalue weighted by Crippen LogP contribution is -2.44. The zero-order valence-electron chi connectivity index (χ0n) is 22.3. The Hall–Kier alpha value is -3.30. The third-order valence-electron chi connectivity index (χ3n) is 5.87. The molecule has 9 nitrogen and oxygen atoms in total. The second kappa shape index (κ2) is 11.7. The van der Waals surface area contributed by atoms with E-state index in [1.165, 1.54) is 41.8 Å². The summed E-state index contributed by atoms with van der Waals surface area (Å²) in [6, 6.07) is 4.38. The molecule has 16 heteroatoms. The van der Waals surface area contributed by atoms with Gasteiger partial charge < -0.3 is 19.1 Å². The summed E-state index contributed by atoms with van der Waals surface area (Å²) in [4.78, 5) is 24.3. The number of anilines is 2. The Bertz CT molecular complexity index is 1250. The number of hydrogen-bond acceptors (Lipinski definition) is 7. The van der Waals surface area contributed by atoms with Crippen LogP contribution < -0.4 is 19.7 Å². The predicted octanol–water partition coefficient (Wildman–Crippen LogP) is 5.75. The van der Waals surface area contributed by atoms with Crippen molar-refractivity contribution in [3.8, 4) is 5.75 Å². The highest BCUT2D eigenvalue weighted by Gasteiger charge is 2.51. The van der Waals surface area contributed by atoms with Gasteiger partial charge in [0.25, 0.3) is 0 Å². The number of carbonyl (C=O) groups is 2. The third kappa shape index (κ3) is 7.88. The zero-order valence-corrected chi connectivity index (χ0v) is 23.1. The van der Waals surface area contributed by atoms with Crippen molar-refractivity contribution in [1.29, 1.82) is 0 Å². The molecule has 2 aromatic rings. The Labute approximate surface area is 230 Å². The van der Waals surface area contributed by atoms with Gasteiger partial charge in [-0.3, -0.25) is 14.8 Å². The average Bonchev–Trinajstić information content (AvgIpc) is 3.07. The van der Waals surface area contributed by atoms with Gasteiger partial charge in [-0.25, -0.2) is 4.79 Å². The first-order valence-corrected chi connectivity index (χ1v) is 12.8.